The van der Waals surface area contributed by atoms with Gasteiger partial charge in [0.05, 0.1) is 23.8 Å². The minimum absolute atomic E-state index is 0.0505. The molecule has 4 aromatic rings. The smallest absolute Gasteiger partial charge is 0.251 e. The van der Waals surface area contributed by atoms with Crippen LogP contribution in [0.4, 0.5) is 4.39 Å². The second-order valence-corrected chi connectivity index (χ2v) is 8.16. The summed E-state index contributed by atoms with van der Waals surface area (Å²) in [5, 5.41) is 3.73. The van der Waals surface area contributed by atoms with Gasteiger partial charge in [0.1, 0.15) is 5.82 Å². The van der Waals surface area contributed by atoms with Gasteiger partial charge < -0.3 is 9.88 Å². The molecule has 1 N–H and O–H groups in total. The molecule has 7 heteroatoms. The number of thioether (sulfide) groups is 1. The van der Waals surface area contributed by atoms with Gasteiger partial charge in [0.2, 0.25) is 0 Å². The van der Waals surface area contributed by atoms with Crippen LogP contribution in [0.1, 0.15) is 34.8 Å². The van der Waals surface area contributed by atoms with Crippen LogP contribution in [0.2, 0.25) is 0 Å². The van der Waals surface area contributed by atoms with E-state index in [1.807, 2.05) is 43.3 Å². The van der Waals surface area contributed by atoms with Crippen LogP contribution in [0.25, 0.3) is 11.0 Å². The Balaban J connectivity index is 1.52. The fourth-order valence-electron chi connectivity index (χ4n) is 3.27. The molecule has 158 valence electrons. The molecule has 2 aromatic carbocycles. The molecule has 31 heavy (non-hydrogen) atoms. The van der Waals surface area contributed by atoms with Crippen LogP contribution >= 0.6 is 11.8 Å². The first-order chi connectivity index (χ1) is 15.1. The SMILES string of the molecule is CCCNC(=O)c1ccc(CSc2nc3ccncc3n2Cc2cccc(F)c2)cc1. The normalized spacial score (nSPS) is 11.0. The lowest BCUT2D eigenvalue weighted by Gasteiger charge is -2.10. The first-order valence-electron chi connectivity index (χ1n) is 10.2. The Morgan fingerprint density at radius 1 is 1.13 bits per heavy atom. The number of carbonyl (C=O) groups excluding carboxylic acids is 1. The number of carbonyl (C=O) groups is 1. The Bertz CT molecular complexity index is 1190. The van der Waals surface area contributed by atoms with Gasteiger partial charge >= 0.3 is 0 Å². The summed E-state index contributed by atoms with van der Waals surface area (Å²) in [6.07, 6.45) is 4.42. The lowest BCUT2D eigenvalue weighted by atomic mass is 10.1. The number of aromatic nitrogens is 3. The maximum absolute atomic E-state index is 13.7. The Kier molecular flexibility index (Phi) is 6.62. The van der Waals surface area contributed by atoms with Crippen molar-refractivity contribution < 1.29 is 9.18 Å². The van der Waals surface area contributed by atoms with E-state index in [1.165, 1.54) is 6.07 Å². The predicted molar refractivity (Wildman–Crippen MR) is 122 cm³/mol. The van der Waals surface area contributed by atoms with Gasteiger partial charge in [0.15, 0.2) is 5.16 Å². The number of imidazole rings is 1. The van der Waals surface area contributed by atoms with E-state index in [0.717, 1.165) is 33.7 Å². The van der Waals surface area contributed by atoms with Crippen LogP contribution in [-0.2, 0) is 12.3 Å². The second-order valence-electron chi connectivity index (χ2n) is 7.22. The number of pyridine rings is 1. The van der Waals surface area contributed by atoms with E-state index in [0.29, 0.717) is 24.4 Å². The first-order valence-corrected chi connectivity index (χ1v) is 11.2. The van der Waals surface area contributed by atoms with Gasteiger partial charge in [-0.25, -0.2) is 9.37 Å². The Morgan fingerprint density at radius 2 is 1.97 bits per heavy atom. The zero-order chi connectivity index (χ0) is 21.6. The molecule has 4 rings (SSSR count). The minimum atomic E-state index is -0.252. The maximum Gasteiger partial charge on any atom is 0.251 e. The van der Waals surface area contributed by atoms with Crippen molar-refractivity contribution in [2.24, 2.45) is 0 Å². The highest BCUT2D eigenvalue weighted by molar-refractivity contribution is 7.98. The van der Waals surface area contributed by atoms with Gasteiger partial charge in [-0.05, 0) is 47.9 Å². The molecule has 0 aliphatic heterocycles. The quantitative estimate of drug-likeness (QED) is 0.394. The molecule has 0 radical (unpaired) electrons. The standard InChI is InChI=1S/C24H23FN4OS/c1-2-11-27-23(30)19-8-6-17(7-9-19)16-31-24-28-21-10-12-26-14-22(21)29(24)15-18-4-3-5-20(25)13-18/h3-10,12-14H,2,11,15-16H2,1H3,(H,27,30). The average molecular weight is 435 g/mol. The van der Waals surface area contributed by atoms with Crippen molar-refractivity contribution in [1.29, 1.82) is 0 Å². The number of hydrogen-bond donors (Lipinski definition) is 1. The number of halogens is 1. The molecule has 0 saturated heterocycles. The highest BCUT2D eigenvalue weighted by Crippen LogP contribution is 2.27. The van der Waals surface area contributed by atoms with Gasteiger partial charge in [0.25, 0.3) is 5.91 Å². The van der Waals surface area contributed by atoms with Crippen molar-refractivity contribution in [3.05, 3.63) is 89.5 Å². The fourth-order valence-corrected chi connectivity index (χ4v) is 4.24. The van der Waals surface area contributed by atoms with E-state index >= 15 is 0 Å². The third kappa shape index (κ3) is 5.11. The van der Waals surface area contributed by atoms with E-state index in [1.54, 1.807) is 36.3 Å². The Hall–Kier alpha value is -3.19. The number of amides is 1. The van der Waals surface area contributed by atoms with Crippen LogP contribution in [0.15, 0.2) is 72.1 Å². The van der Waals surface area contributed by atoms with Crippen LogP contribution in [0.3, 0.4) is 0 Å². The molecule has 0 aliphatic carbocycles. The summed E-state index contributed by atoms with van der Waals surface area (Å²) in [4.78, 5) is 21.1. The zero-order valence-corrected chi connectivity index (χ0v) is 18.0. The van der Waals surface area contributed by atoms with E-state index < -0.39 is 0 Å². The number of nitrogens with zero attached hydrogens (tertiary/aromatic N) is 3. The van der Waals surface area contributed by atoms with Gasteiger partial charge in [-0.1, -0.05) is 43.0 Å². The molecular formula is C24H23FN4OS. The summed E-state index contributed by atoms with van der Waals surface area (Å²) in [7, 11) is 0. The van der Waals surface area contributed by atoms with Crippen LogP contribution in [0, 0.1) is 5.82 Å². The molecule has 1 amide bonds. The van der Waals surface area contributed by atoms with Gasteiger partial charge in [-0.2, -0.15) is 0 Å². The average Bonchev–Trinajstić information content (AvgIpc) is 3.14. The van der Waals surface area contributed by atoms with Gasteiger partial charge in [0, 0.05) is 24.1 Å². The van der Waals surface area contributed by atoms with Crippen LogP contribution in [0.5, 0.6) is 0 Å². The molecular weight excluding hydrogens is 411 g/mol. The zero-order valence-electron chi connectivity index (χ0n) is 17.2. The summed E-state index contributed by atoms with van der Waals surface area (Å²) >= 11 is 1.61. The predicted octanol–water partition coefficient (Wildman–Crippen LogP) is 5.05. The van der Waals surface area contributed by atoms with Crippen molar-refractivity contribution in [2.75, 3.05) is 6.54 Å². The maximum atomic E-state index is 13.7. The van der Waals surface area contributed by atoms with Crippen LogP contribution < -0.4 is 5.32 Å². The monoisotopic (exact) mass is 434 g/mol. The van der Waals surface area contributed by atoms with E-state index in [2.05, 4.69) is 14.9 Å². The number of benzene rings is 2. The summed E-state index contributed by atoms with van der Waals surface area (Å²) in [6.45, 7) is 3.21. The Morgan fingerprint density at radius 3 is 2.74 bits per heavy atom. The Labute approximate surface area is 184 Å². The van der Waals surface area contributed by atoms with Gasteiger partial charge in [-0.3, -0.25) is 9.78 Å². The molecule has 0 atom stereocenters. The van der Waals surface area contributed by atoms with Crippen molar-refractivity contribution in [1.82, 2.24) is 19.9 Å². The molecule has 0 unspecified atom stereocenters. The lowest BCUT2D eigenvalue weighted by Crippen LogP contribution is -2.23. The van der Waals surface area contributed by atoms with Crippen molar-refractivity contribution in [2.45, 2.75) is 30.8 Å². The molecule has 5 nitrogen and oxygen atoms in total. The second kappa shape index (κ2) is 9.75. The number of hydrogen-bond acceptors (Lipinski definition) is 4. The third-order valence-electron chi connectivity index (χ3n) is 4.86. The highest BCUT2D eigenvalue weighted by atomic mass is 32.2. The molecule has 2 heterocycles. The lowest BCUT2D eigenvalue weighted by molar-refractivity contribution is 0.0953. The van der Waals surface area contributed by atoms with E-state index in [9.17, 15) is 9.18 Å². The van der Waals surface area contributed by atoms with Crippen LogP contribution in [-0.4, -0.2) is 27.0 Å². The molecule has 0 saturated carbocycles. The summed E-state index contributed by atoms with van der Waals surface area (Å²) in [5.41, 5.74) is 4.40. The topological polar surface area (TPSA) is 59.8 Å². The number of rotatable bonds is 8. The molecule has 2 aromatic heterocycles. The summed E-state index contributed by atoms with van der Waals surface area (Å²) < 4.78 is 15.7. The highest BCUT2D eigenvalue weighted by Gasteiger charge is 2.13. The van der Waals surface area contributed by atoms with Crippen molar-refractivity contribution in [3.63, 3.8) is 0 Å². The van der Waals surface area contributed by atoms with Gasteiger partial charge in [-0.15, -0.1) is 0 Å². The van der Waals surface area contributed by atoms with Crippen molar-refractivity contribution in [3.8, 4) is 0 Å². The van der Waals surface area contributed by atoms with E-state index in [-0.39, 0.29) is 11.7 Å². The molecule has 0 fully saturated rings. The first kappa shape index (κ1) is 21.1. The fraction of sp³-hybridized carbons (Fsp3) is 0.208. The summed E-state index contributed by atoms with van der Waals surface area (Å²) in [5.74, 6) is 0.402. The molecule has 0 aliphatic rings. The molecule has 0 bridgehead atoms. The summed E-state index contributed by atoms with van der Waals surface area (Å²) in [6, 6.07) is 16.1. The van der Waals surface area contributed by atoms with E-state index in [4.69, 9.17) is 4.98 Å². The number of nitrogens with one attached hydrogen (secondary N) is 1. The number of fused-ring (bicyclic) bond motifs is 1. The largest absolute Gasteiger partial charge is 0.352 e. The van der Waals surface area contributed by atoms with Crippen molar-refractivity contribution >= 4 is 28.7 Å². The minimum Gasteiger partial charge on any atom is -0.352 e. The molecule has 0 spiro atoms. The third-order valence-corrected chi connectivity index (χ3v) is 5.91.